The lowest BCUT2D eigenvalue weighted by Gasteiger charge is -2.48. The monoisotopic (exact) mass is 1300 g/mol. The molecule has 91 heavy (non-hydrogen) atoms. The van der Waals surface area contributed by atoms with Crippen molar-refractivity contribution in [2.75, 3.05) is 26.4 Å². The molecule has 0 bridgehead atoms. The number of hydrogen-bond donors (Lipinski definition) is 12. The molecule has 19 nitrogen and oxygen atoms in total. The molecule has 3 fully saturated rings. The van der Waals surface area contributed by atoms with Crippen LogP contribution in [0.15, 0.2) is 12.2 Å². The van der Waals surface area contributed by atoms with Gasteiger partial charge in [0.2, 0.25) is 5.91 Å². The number of ether oxygens (including phenoxy) is 6. The van der Waals surface area contributed by atoms with Gasteiger partial charge in [-0.25, -0.2) is 0 Å². The molecule has 3 heterocycles. The van der Waals surface area contributed by atoms with Gasteiger partial charge in [0.05, 0.1) is 38.6 Å². The van der Waals surface area contributed by atoms with Crippen molar-refractivity contribution in [3.05, 3.63) is 12.2 Å². The molecular weight excluding hydrogens is 1170 g/mol. The summed E-state index contributed by atoms with van der Waals surface area (Å²) in [4.78, 5) is 13.4. The third-order valence-electron chi connectivity index (χ3n) is 19.1. The molecule has 0 aromatic carbocycles. The van der Waals surface area contributed by atoms with E-state index >= 15 is 0 Å². The van der Waals surface area contributed by atoms with Gasteiger partial charge in [0.25, 0.3) is 0 Å². The molecule has 3 saturated heterocycles. The maximum absolute atomic E-state index is 13.4. The van der Waals surface area contributed by atoms with Crippen molar-refractivity contribution in [1.29, 1.82) is 0 Å². The topological polar surface area (TPSA) is 307 Å². The van der Waals surface area contributed by atoms with Crippen LogP contribution < -0.4 is 5.32 Å². The Bertz CT molecular complexity index is 1700. The molecule has 17 unspecified atom stereocenters. The summed E-state index contributed by atoms with van der Waals surface area (Å²) in [6, 6.07) is -0.890. The van der Waals surface area contributed by atoms with Crippen molar-refractivity contribution >= 4 is 5.91 Å². The van der Waals surface area contributed by atoms with Crippen molar-refractivity contribution in [1.82, 2.24) is 5.32 Å². The number of rotatable bonds is 59. The van der Waals surface area contributed by atoms with Crippen LogP contribution >= 0.6 is 0 Å². The van der Waals surface area contributed by atoms with Gasteiger partial charge in [-0.1, -0.05) is 276 Å². The van der Waals surface area contributed by atoms with Crippen LogP contribution in [0.25, 0.3) is 0 Å². The molecule has 0 radical (unpaired) electrons. The first-order valence-electron chi connectivity index (χ1n) is 37.4. The Kier molecular flexibility index (Phi) is 50.2. The maximum Gasteiger partial charge on any atom is 0.220 e. The average Bonchev–Trinajstić information content (AvgIpc) is 0.851. The first-order chi connectivity index (χ1) is 44.3. The van der Waals surface area contributed by atoms with E-state index in [-0.39, 0.29) is 18.9 Å². The Balaban J connectivity index is 1.37. The number of aliphatic hydroxyl groups excluding tert-OH is 11. The van der Waals surface area contributed by atoms with E-state index in [0.29, 0.717) is 12.8 Å². The summed E-state index contributed by atoms with van der Waals surface area (Å²) in [6.07, 6.45) is 34.5. The molecule has 19 heteroatoms. The highest BCUT2D eigenvalue weighted by Gasteiger charge is 2.53. The summed E-state index contributed by atoms with van der Waals surface area (Å²) in [7, 11) is 0. The summed E-state index contributed by atoms with van der Waals surface area (Å²) in [6.45, 7) is 1.83. The minimum Gasteiger partial charge on any atom is -0.394 e. The second-order valence-corrected chi connectivity index (χ2v) is 27.1. The second kappa shape index (κ2) is 54.5. The Morgan fingerprint density at radius 3 is 1.07 bits per heavy atom. The van der Waals surface area contributed by atoms with E-state index in [4.69, 9.17) is 28.4 Å². The quantitative estimate of drug-likeness (QED) is 0.0199. The lowest BCUT2D eigenvalue weighted by atomic mass is 9.96. The maximum atomic E-state index is 13.4. The van der Waals surface area contributed by atoms with Gasteiger partial charge in [0.15, 0.2) is 18.9 Å². The molecule has 17 atom stereocenters. The zero-order chi connectivity index (χ0) is 66.1. The lowest BCUT2D eigenvalue weighted by Crippen LogP contribution is -2.66. The molecule has 0 aliphatic carbocycles. The highest BCUT2D eigenvalue weighted by Crippen LogP contribution is 2.33. The number of unbranched alkanes of at least 4 members (excludes halogenated alkanes) is 41. The van der Waals surface area contributed by atoms with Crippen LogP contribution in [0.3, 0.4) is 0 Å². The van der Waals surface area contributed by atoms with E-state index < -0.39 is 124 Å². The van der Waals surface area contributed by atoms with Crippen LogP contribution in [0.5, 0.6) is 0 Å². The van der Waals surface area contributed by atoms with Gasteiger partial charge in [-0.05, 0) is 38.5 Å². The van der Waals surface area contributed by atoms with Gasteiger partial charge in [0.1, 0.15) is 73.2 Å². The number of amides is 1. The summed E-state index contributed by atoms with van der Waals surface area (Å²) in [5.74, 6) is -0.247. The van der Waals surface area contributed by atoms with Gasteiger partial charge in [-0.15, -0.1) is 0 Å². The van der Waals surface area contributed by atoms with Gasteiger partial charge in [-0.2, -0.15) is 0 Å². The van der Waals surface area contributed by atoms with E-state index in [1.807, 2.05) is 0 Å². The molecule has 0 aromatic heterocycles. The van der Waals surface area contributed by atoms with Crippen LogP contribution in [0.4, 0.5) is 0 Å². The molecule has 1 amide bonds. The van der Waals surface area contributed by atoms with E-state index in [1.165, 1.54) is 212 Å². The normalized spacial score (nSPS) is 27.9. The SMILES string of the molecule is CCCCCCCCC/C=C\CCCCCCCC(=O)NC(COC1OC(CO)C(OC2OC(CO)C(OC3OC(CO)C(O)C(O)C3O)C(O)C2O)C(O)C1O)C(O)CCCCCCCCCCCCCCCCCCCCCCCCCCCCCCCC. The van der Waals surface area contributed by atoms with Crippen LogP contribution in [0.2, 0.25) is 0 Å². The summed E-state index contributed by atoms with van der Waals surface area (Å²) in [5, 5.41) is 121. The Labute approximate surface area is 550 Å². The number of aliphatic hydroxyl groups is 11. The Morgan fingerprint density at radius 1 is 0.385 bits per heavy atom. The van der Waals surface area contributed by atoms with Crippen molar-refractivity contribution in [2.24, 2.45) is 0 Å². The number of hydrogen-bond acceptors (Lipinski definition) is 18. The largest absolute Gasteiger partial charge is 0.394 e. The summed E-state index contributed by atoms with van der Waals surface area (Å²) < 4.78 is 34.4. The molecule has 0 spiro atoms. The first-order valence-corrected chi connectivity index (χ1v) is 37.4. The number of allylic oxidation sites excluding steroid dienone is 2. The third-order valence-corrected chi connectivity index (χ3v) is 19.1. The summed E-state index contributed by atoms with van der Waals surface area (Å²) >= 11 is 0. The molecule has 3 aliphatic heterocycles. The molecular formula is C72H137NO18. The molecule has 12 N–H and O–H groups in total. The third kappa shape index (κ3) is 36.1. The van der Waals surface area contributed by atoms with Crippen molar-refractivity contribution in [3.8, 4) is 0 Å². The number of nitrogens with one attached hydrogen (secondary N) is 1. The second-order valence-electron chi connectivity index (χ2n) is 27.1. The van der Waals surface area contributed by atoms with Crippen LogP contribution in [0.1, 0.15) is 309 Å². The Hall–Kier alpha value is -1.47. The Morgan fingerprint density at radius 2 is 0.692 bits per heavy atom. The zero-order valence-corrected chi connectivity index (χ0v) is 57.1. The fourth-order valence-electron chi connectivity index (χ4n) is 13.0. The predicted octanol–water partition coefficient (Wildman–Crippen LogP) is 10.8. The van der Waals surface area contributed by atoms with Gasteiger partial charge in [-0.3, -0.25) is 4.79 Å². The molecule has 3 aliphatic rings. The highest BCUT2D eigenvalue weighted by molar-refractivity contribution is 5.76. The number of carbonyl (C=O) groups is 1. The minimum absolute atomic E-state index is 0.247. The van der Waals surface area contributed by atoms with Crippen molar-refractivity contribution < 1.29 is 89.4 Å². The minimum atomic E-state index is -1.97. The van der Waals surface area contributed by atoms with E-state index in [0.717, 1.165) is 64.2 Å². The molecule has 3 rings (SSSR count). The standard InChI is InChI=1S/C72H137NO18/c1-3-5-7-9-11-13-15-17-19-21-22-23-24-25-26-27-28-29-30-31-32-33-34-35-37-39-41-43-45-47-49-56(77)55(73-60(78)50-48-46-44-42-40-38-36-20-18-16-14-12-10-8-6-4-2)54-86-70-66(84)63(81)68(58(52-75)88-70)91-72-67(85)64(82)69(59(53-76)89-72)90-71-65(83)62(80)61(79)57(51-74)87-71/h20,36,55-59,61-72,74-77,79-85H,3-19,21-35,37-54H2,1-2H3,(H,73,78)/b36-20-. The van der Waals surface area contributed by atoms with Gasteiger partial charge in [0, 0.05) is 6.42 Å². The van der Waals surface area contributed by atoms with Gasteiger partial charge < -0.3 is 89.9 Å². The summed E-state index contributed by atoms with van der Waals surface area (Å²) in [5.41, 5.74) is 0. The smallest absolute Gasteiger partial charge is 0.220 e. The zero-order valence-electron chi connectivity index (χ0n) is 57.1. The fraction of sp³-hybridized carbons (Fsp3) is 0.958. The lowest BCUT2D eigenvalue weighted by molar-refractivity contribution is -0.379. The molecule has 0 saturated carbocycles. The fourth-order valence-corrected chi connectivity index (χ4v) is 13.0. The average molecular weight is 1300 g/mol. The van der Waals surface area contributed by atoms with Gasteiger partial charge >= 0.3 is 0 Å². The highest BCUT2D eigenvalue weighted by atomic mass is 16.8. The number of carbonyl (C=O) groups excluding carboxylic acids is 1. The van der Waals surface area contributed by atoms with Crippen molar-refractivity contribution in [2.45, 2.75) is 413 Å². The first kappa shape index (κ1) is 83.8. The van der Waals surface area contributed by atoms with E-state index in [1.54, 1.807) is 0 Å². The van der Waals surface area contributed by atoms with Crippen LogP contribution in [-0.2, 0) is 33.2 Å². The van der Waals surface area contributed by atoms with Crippen LogP contribution in [-0.4, -0.2) is 193 Å². The van der Waals surface area contributed by atoms with Crippen molar-refractivity contribution in [3.63, 3.8) is 0 Å². The predicted molar refractivity (Wildman–Crippen MR) is 356 cm³/mol. The molecule has 0 aromatic rings. The van der Waals surface area contributed by atoms with Crippen LogP contribution in [0, 0.1) is 0 Å². The van der Waals surface area contributed by atoms with E-state index in [2.05, 4.69) is 31.3 Å². The molecule has 538 valence electrons. The van der Waals surface area contributed by atoms with E-state index in [9.17, 15) is 61.0 Å².